The van der Waals surface area contributed by atoms with Crippen molar-refractivity contribution in [3.05, 3.63) is 65.2 Å². The van der Waals surface area contributed by atoms with E-state index in [1.165, 1.54) is 12.1 Å². The van der Waals surface area contributed by atoms with E-state index < -0.39 is 23.5 Å². The van der Waals surface area contributed by atoms with E-state index in [9.17, 15) is 13.6 Å². The van der Waals surface area contributed by atoms with Gasteiger partial charge in [0.05, 0.1) is 11.6 Å². The molecule has 5 heteroatoms. The first-order chi connectivity index (χ1) is 9.97. The van der Waals surface area contributed by atoms with Gasteiger partial charge in [-0.1, -0.05) is 24.3 Å². The normalized spacial score (nSPS) is 12.0. The van der Waals surface area contributed by atoms with Crippen LogP contribution in [-0.4, -0.2) is 11.1 Å². The summed E-state index contributed by atoms with van der Waals surface area (Å²) in [5.41, 5.74) is 1.80. The first kappa shape index (κ1) is 15.0. The van der Waals surface area contributed by atoms with Crippen molar-refractivity contribution in [2.75, 3.05) is 5.32 Å². The van der Waals surface area contributed by atoms with Crippen molar-refractivity contribution < 1.29 is 18.7 Å². The number of rotatable bonds is 5. The molecule has 0 aromatic heterocycles. The zero-order chi connectivity index (χ0) is 15.4. The minimum atomic E-state index is -0.880. The Morgan fingerprint density at radius 3 is 2.43 bits per heavy atom. The fourth-order valence-electron chi connectivity index (χ4n) is 1.90. The van der Waals surface area contributed by atoms with E-state index in [1.54, 1.807) is 31.2 Å². The van der Waals surface area contributed by atoms with Crippen molar-refractivity contribution in [1.29, 1.82) is 0 Å². The predicted octanol–water partition coefficient (Wildman–Crippen LogP) is 3.77. The lowest BCUT2D eigenvalue weighted by molar-refractivity contribution is -0.138. The Morgan fingerprint density at radius 1 is 1.19 bits per heavy atom. The molecule has 0 aliphatic heterocycles. The highest BCUT2D eigenvalue weighted by Crippen LogP contribution is 2.18. The average molecular weight is 291 g/mol. The number of aliphatic carboxylic acids is 1. The SMILES string of the molecule is CC(C(=O)O)c1ccc(CNc2ccc(F)cc2F)cc1. The number of carbonyl (C=O) groups is 1. The van der Waals surface area contributed by atoms with Crippen molar-refractivity contribution in [3.8, 4) is 0 Å². The van der Waals surface area contributed by atoms with Gasteiger partial charge in [0.1, 0.15) is 11.6 Å². The van der Waals surface area contributed by atoms with Crippen molar-refractivity contribution in [3.63, 3.8) is 0 Å². The summed E-state index contributed by atoms with van der Waals surface area (Å²) in [5.74, 6) is -2.72. The van der Waals surface area contributed by atoms with Crippen LogP contribution in [0.1, 0.15) is 24.0 Å². The van der Waals surface area contributed by atoms with Gasteiger partial charge >= 0.3 is 5.97 Å². The van der Waals surface area contributed by atoms with E-state index >= 15 is 0 Å². The zero-order valence-electron chi connectivity index (χ0n) is 11.4. The summed E-state index contributed by atoms with van der Waals surface area (Å²) < 4.78 is 26.2. The molecule has 0 radical (unpaired) electrons. The second-order valence-corrected chi connectivity index (χ2v) is 4.78. The number of carboxylic acids is 1. The number of nitrogens with one attached hydrogen (secondary N) is 1. The summed E-state index contributed by atoms with van der Waals surface area (Å²) >= 11 is 0. The highest BCUT2D eigenvalue weighted by Gasteiger charge is 2.13. The summed E-state index contributed by atoms with van der Waals surface area (Å²) in [7, 11) is 0. The molecule has 0 fully saturated rings. The molecule has 0 spiro atoms. The lowest BCUT2D eigenvalue weighted by Gasteiger charge is -2.10. The van der Waals surface area contributed by atoms with Gasteiger partial charge in [-0.05, 0) is 30.2 Å². The van der Waals surface area contributed by atoms with Crippen LogP contribution in [-0.2, 0) is 11.3 Å². The molecule has 0 saturated carbocycles. The molecule has 0 amide bonds. The van der Waals surface area contributed by atoms with Crippen molar-refractivity contribution in [2.24, 2.45) is 0 Å². The molecule has 0 aliphatic carbocycles. The van der Waals surface area contributed by atoms with Gasteiger partial charge < -0.3 is 10.4 Å². The van der Waals surface area contributed by atoms with E-state index in [2.05, 4.69) is 5.32 Å². The van der Waals surface area contributed by atoms with Crippen molar-refractivity contribution in [2.45, 2.75) is 19.4 Å². The fourth-order valence-corrected chi connectivity index (χ4v) is 1.90. The molecule has 2 aromatic rings. The molecular formula is C16H15F2NO2. The lowest BCUT2D eigenvalue weighted by atomic mass is 10.00. The molecular weight excluding hydrogens is 276 g/mol. The van der Waals surface area contributed by atoms with Gasteiger partial charge in [0.25, 0.3) is 0 Å². The summed E-state index contributed by atoms with van der Waals surface area (Å²) in [6, 6.07) is 10.4. The molecule has 0 saturated heterocycles. The second kappa shape index (κ2) is 6.35. The number of hydrogen-bond donors (Lipinski definition) is 2. The van der Waals surface area contributed by atoms with Gasteiger partial charge in [-0.2, -0.15) is 0 Å². The van der Waals surface area contributed by atoms with Gasteiger partial charge in [0.15, 0.2) is 0 Å². The third-order valence-corrected chi connectivity index (χ3v) is 3.26. The highest BCUT2D eigenvalue weighted by molar-refractivity contribution is 5.75. The van der Waals surface area contributed by atoms with E-state index in [4.69, 9.17) is 5.11 Å². The molecule has 2 N–H and O–H groups in total. The third-order valence-electron chi connectivity index (χ3n) is 3.26. The van der Waals surface area contributed by atoms with Crippen LogP contribution in [0.15, 0.2) is 42.5 Å². The minimum Gasteiger partial charge on any atom is -0.481 e. The van der Waals surface area contributed by atoms with Crippen LogP contribution in [0, 0.1) is 11.6 Å². The molecule has 2 rings (SSSR count). The Bertz CT molecular complexity index is 641. The number of halogens is 2. The Labute approximate surface area is 121 Å². The maximum absolute atomic E-state index is 13.4. The Balaban J connectivity index is 2.02. The topological polar surface area (TPSA) is 49.3 Å². The van der Waals surface area contributed by atoms with Crippen LogP contribution in [0.2, 0.25) is 0 Å². The van der Waals surface area contributed by atoms with Crippen LogP contribution in [0.5, 0.6) is 0 Å². The van der Waals surface area contributed by atoms with E-state index in [0.29, 0.717) is 12.1 Å². The second-order valence-electron chi connectivity index (χ2n) is 4.78. The summed E-state index contributed by atoms with van der Waals surface area (Å²) in [6.07, 6.45) is 0. The number of hydrogen-bond acceptors (Lipinski definition) is 2. The summed E-state index contributed by atoms with van der Waals surface area (Å²) in [6.45, 7) is 1.98. The third kappa shape index (κ3) is 3.78. The lowest BCUT2D eigenvalue weighted by Crippen LogP contribution is -2.07. The molecule has 3 nitrogen and oxygen atoms in total. The zero-order valence-corrected chi connectivity index (χ0v) is 11.4. The van der Waals surface area contributed by atoms with E-state index in [-0.39, 0.29) is 5.69 Å². The molecule has 0 bridgehead atoms. The van der Waals surface area contributed by atoms with E-state index in [1.807, 2.05) is 0 Å². The molecule has 0 aliphatic rings. The van der Waals surface area contributed by atoms with Crippen LogP contribution >= 0.6 is 0 Å². The quantitative estimate of drug-likeness (QED) is 0.881. The van der Waals surface area contributed by atoms with Gasteiger partial charge in [0.2, 0.25) is 0 Å². The number of anilines is 1. The Morgan fingerprint density at radius 2 is 1.86 bits per heavy atom. The highest BCUT2D eigenvalue weighted by atomic mass is 19.1. The van der Waals surface area contributed by atoms with Crippen LogP contribution in [0.3, 0.4) is 0 Å². The van der Waals surface area contributed by atoms with E-state index in [0.717, 1.165) is 11.6 Å². The number of carboxylic acid groups (broad SMARTS) is 1. The van der Waals surface area contributed by atoms with Crippen LogP contribution < -0.4 is 5.32 Å². The van der Waals surface area contributed by atoms with Gasteiger partial charge in [-0.25, -0.2) is 8.78 Å². The average Bonchev–Trinajstić information content (AvgIpc) is 2.46. The molecule has 1 unspecified atom stereocenters. The van der Waals surface area contributed by atoms with Crippen LogP contribution in [0.25, 0.3) is 0 Å². The van der Waals surface area contributed by atoms with Crippen molar-refractivity contribution in [1.82, 2.24) is 0 Å². The Kier molecular flexibility index (Phi) is 4.52. The maximum Gasteiger partial charge on any atom is 0.310 e. The van der Waals surface area contributed by atoms with Gasteiger partial charge in [0, 0.05) is 12.6 Å². The molecule has 2 aromatic carbocycles. The van der Waals surface area contributed by atoms with Gasteiger partial charge in [-0.3, -0.25) is 4.79 Å². The smallest absolute Gasteiger partial charge is 0.310 e. The van der Waals surface area contributed by atoms with Gasteiger partial charge in [-0.15, -0.1) is 0 Å². The molecule has 21 heavy (non-hydrogen) atoms. The maximum atomic E-state index is 13.4. The largest absolute Gasteiger partial charge is 0.481 e. The fraction of sp³-hybridized carbons (Fsp3) is 0.188. The minimum absolute atomic E-state index is 0.222. The molecule has 1 atom stereocenters. The predicted molar refractivity (Wildman–Crippen MR) is 76.2 cm³/mol. The first-order valence-corrected chi connectivity index (χ1v) is 6.48. The Hall–Kier alpha value is -2.43. The molecule has 0 heterocycles. The summed E-state index contributed by atoms with van der Waals surface area (Å²) in [5, 5.41) is 11.8. The monoisotopic (exact) mass is 291 g/mol. The standard InChI is InChI=1S/C16H15F2NO2/c1-10(16(20)21)12-4-2-11(3-5-12)9-19-15-7-6-13(17)8-14(15)18/h2-8,10,19H,9H2,1H3,(H,20,21). The first-order valence-electron chi connectivity index (χ1n) is 6.48. The van der Waals surface area contributed by atoms with Crippen molar-refractivity contribution >= 4 is 11.7 Å². The summed E-state index contributed by atoms with van der Waals surface area (Å²) in [4.78, 5) is 10.9. The van der Waals surface area contributed by atoms with Crippen LogP contribution in [0.4, 0.5) is 14.5 Å². The number of benzene rings is 2. The molecule has 110 valence electrons.